The van der Waals surface area contributed by atoms with E-state index in [4.69, 9.17) is 25.4 Å². The Balaban J connectivity index is 1.82. The summed E-state index contributed by atoms with van der Waals surface area (Å²) in [5.74, 6) is 2.02. The molecular weight excluding hydrogens is 481 g/mol. The van der Waals surface area contributed by atoms with Crippen molar-refractivity contribution in [1.29, 1.82) is 0 Å². The van der Waals surface area contributed by atoms with Gasteiger partial charge in [0.1, 0.15) is 29.6 Å². The monoisotopic (exact) mass is 507 g/mol. The lowest BCUT2D eigenvalue weighted by Crippen LogP contribution is -2.44. The van der Waals surface area contributed by atoms with Crippen LogP contribution in [0.15, 0.2) is 6.33 Å². The molecule has 0 spiro atoms. The summed E-state index contributed by atoms with van der Waals surface area (Å²) in [5, 5.41) is 20.2. The number of rotatable bonds is 5. The van der Waals surface area contributed by atoms with Gasteiger partial charge in [-0.3, -0.25) is 9.47 Å². The molecular formula is C22H26FN5O8. The maximum Gasteiger partial charge on any atom is 0.509 e. The second kappa shape index (κ2) is 9.16. The van der Waals surface area contributed by atoms with Gasteiger partial charge in [0.15, 0.2) is 23.2 Å². The zero-order valence-corrected chi connectivity index (χ0v) is 20.0. The van der Waals surface area contributed by atoms with Crippen LogP contribution in [0, 0.1) is 18.4 Å². The molecule has 5 atom stereocenters. The third-order valence-corrected chi connectivity index (χ3v) is 5.77. The van der Waals surface area contributed by atoms with Crippen molar-refractivity contribution in [2.24, 2.45) is 0 Å². The molecule has 4 rings (SSSR count). The minimum absolute atomic E-state index is 0.0510. The van der Waals surface area contributed by atoms with Gasteiger partial charge in [0.05, 0.1) is 19.5 Å². The van der Waals surface area contributed by atoms with E-state index in [0.29, 0.717) is 0 Å². The van der Waals surface area contributed by atoms with E-state index in [9.17, 15) is 24.2 Å². The van der Waals surface area contributed by atoms with Crippen molar-refractivity contribution in [3.05, 3.63) is 12.4 Å². The van der Waals surface area contributed by atoms with Crippen LogP contribution >= 0.6 is 0 Å². The number of aliphatic hydroxyl groups is 2. The SMILES string of the molecule is C#C[C@]1(CO)O[C@@H](n2cnc3nc(F)nc(N(CC4OC(=O)OC4C)C(=O)OC(C)(C)C)c32)C[C@@H]1O. The first-order valence-electron chi connectivity index (χ1n) is 11.1. The second-order valence-electron chi connectivity index (χ2n) is 9.48. The van der Waals surface area contributed by atoms with Crippen molar-refractivity contribution in [1.82, 2.24) is 19.5 Å². The molecule has 0 aromatic carbocycles. The van der Waals surface area contributed by atoms with Gasteiger partial charge in [0.25, 0.3) is 0 Å². The van der Waals surface area contributed by atoms with Crippen LogP contribution in [-0.2, 0) is 18.9 Å². The molecule has 1 amide bonds. The molecule has 2 unspecified atom stereocenters. The number of amides is 1. The molecule has 4 heterocycles. The van der Waals surface area contributed by atoms with Crippen LogP contribution in [0.4, 0.5) is 19.8 Å². The third-order valence-electron chi connectivity index (χ3n) is 5.77. The Morgan fingerprint density at radius 1 is 1.42 bits per heavy atom. The third kappa shape index (κ3) is 4.64. The average Bonchev–Trinajstić information content (AvgIpc) is 3.44. The Labute approximate surface area is 205 Å². The van der Waals surface area contributed by atoms with E-state index in [1.165, 1.54) is 10.9 Å². The minimum Gasteiger partial charge on any atom is -0.443 e. The Morgan fingerprint density at radius 2 is 2.14 bits per heavy atom. The van der Waals surface area contributed by atoms with Gasteiger partial charge in [0.2, 0.25) is 0 Å². The zero-order chi connectivity index (χ0) is 26.4. The highest BCUT2D eigenvalue weighted by molar-refractivity contribution is 5.96. The topological polar surface area (TPSA) is 158 Å². The quantitative estimate of drug-likeness (QED) is 0.341. The fraction of sp³-hybridized carbons (Fsp3) is 0.591. The maximum atomic E-state index is 14.5. The lowest BCUT2D eigenvalue weighted by atomic mass is 9.99. The lowest BCUT2D eigenvalue weighted by molar-refractivity contribution is -0.0890. The van der Waals surface area contributed by atoms with Gasteiger partial charge >= 0.3 is 18.3 Å². The van der Waals surface area contributed by atoms with Crippen LogP contribution in [0.25, 0.3) is 11.2 Å². The van der Waals surface area contributed by atoms with Crippen LogP contribution in [0.1, 0.15) is 40.3 Å². The standard InChI is InChI=1S/C22H26FN5O8/c1-6-22(9-29)13(30)7-14(35-22)28-10-24-16-15(28)17(26-18(23)25-16)27(19(31)36-21(3,4)5)8-12-11(2)33-20(32)34-12/h1,10-14,29-30H,7-9H2,2-5H3/t11?,12?,13-,14+,22+/m0/s1. The molecule has 2 fully saturated rings. The van der Waals surface area contributed by atoms with E-state index in [0.717, 1.165) is 4.90 Å². The summed E-state index contributed by atoms with van der Waals surface area (Å²) in [6, 6.07) is 0. The van der Waals surface area contributed by atoms with Crippen molar-refractivity contribution in [2.75, 3.05) is 18.1 Å². The van der Waals surface area contributed by atoms with E-state index >= 15 is 0 Å². The van der Waals surface area contributed by atoms with Crippen molar-refractivity contribution in [2.45, 2.75) is 69.9 Å². The molecule has 2 aromatic rings. The first kappa shape index (κ1) is 25.5. The fourth-order valence-electron chi connectivity index (χ4n) is 3.95. The van der Waals surface area contributed by atoms with Gasteiger partial charge in [-0.25, -0.2) is 14.6 Å². The van der Waals surface area contributed by atoms with E-state index in [1.807, 2.05) is 0 Å². The molecule has 36 heavy (non-hydrogen) atoms. The Morgan fingerprint density at radius 3 is 2.69 bits per heavy atom. The number of nitrogens with zero attached hydrogens (tertiary/aromatic N) is 5. The van der Waals surface area contributed by atoms with Gasteiger partial charge in [-0.15, -0.1) is 6.42 Å². The molecule has 194 valence electrons. The summed E-state index contributed by atoms with van der Waals surface area (Å²) >= 11 is 0. The van der Waals surface area contributed by atoms with Crippen molar-refractivity contribution in [3.8, 4) is 12.3 Å². The molecule has 14 heteroatoms. The summed E-state index contributed by atoms with van der Waals surface area (Å²) < 4.78 is 37.3. The summed E-state index contributed by atoms with van der Waals surface area (Å²) in [6.45, 7) is 5.57. The Bertz CT molecular complexity index is 1220. The first-order chi connectivity index (χ1) is 16.9. The van der Waals surface area contributed by atoms with Gasteiger partial charge in [0, 0.05) is 6.42 Å². The molecule has 0 aliphatic carbocycles. The highest BCUT2D eigenvalue weighted by Crippen LogP contribution is 2.39. The Kier molecular flexibility index (Phi) is 6.50. The number of carbonyl (C=O) groups excluding carboxylic acids is 2. The molecule has 2 aliphatic heterocycles. The van der Waals surface area contributed by atoms with Crippen LogP contribution in [0.3, 0.4) is 0 Å². The molecule has 13 nitrogen and oxygen atoms in total. The smallest absolute Gasteiger partial charge is 0.443 e. The van der Waals surface area contributed by atoms with E-state index in [2.05, 4.69) is 20.9 Å². The summed E-state index contributed by atoms with van der Waals surface area (Å²) in [4.78, 5) is 37.5. The van der Waals surface area contributed by atoms with Crippen molar-refractivity contribution in [3.63, 3.8) is 0 Å². The average molecular weight is 507 g/mol. The molecule has 2 saturated heterocycles. The predicted molar refractivity (Wildman–Crippen MR) is 119 cm³/mol. The number of aromatic nitrogens is 4. The number of carbonyl (C=O) groups is 2. The molecule has 2 N–H and O–H groups in total. The number of aliphatic hydroxyl groups excluding tert-OH is 2. The van der Waals surface area contributed by atoms with Crippen LogP contribution in [-0.4, -0.2) is 84.6 Å². The second-order valence-corrected chi connectivity index (χ2v) is 9.48. The van der Waals surface area contributed by atoms with Gasteiger partial charge in [-0.1, -0.05) is 5.92 Å². The molecule has 0 bridgehead atoms. The number of ether oxygens (including phenoxy) is 4. The number of hydrogen-bond donors (Lipinski definition) is 2. The molecule has 0 radical (unpaired) electrons. The predicted octanol–water partition coefficient (Wildman–Crippen LogP) is 1.27. The number of hydrogen-bond acceptors (Lipinski definition) is 11. The van der Waals surface area contributed by atoms with Gasteiger partial charge in [-0.05, 0) is 27.7 Å². The van der Waals surface area contributed by atoms with Gasteiger partial charge < -0.3 is 29.2 Å². The number of imidazole rings is 1. The number of halogens is 1. The molecule has 2 aliphatic rings. The van der Waals surface area contributed by atoms with Crippen LogP contribution < -0.4 is 4.90 Å². The molecule has 0 saturated carbocycles. The largest absolute Gasteiger partial charge is 0.509 e. The number of fused-ring (bicyclic) bond motifs is 1. The molecule has 2 aromatic heterocycles. The minimum atomic E-state index is -1.67. The number of terminal acetylenes is 1. The van der Waals surface area contributed by atoms with E-state index in [-0.39, 0.29) is 29.9 Å². The summed E-state index contributed by atoms with van der Waals surface area (Å²) in [7, 11) is 0. The van der Waals surface area contributed by atoms with Crippen molar-refractivity contribution >= 4 is 29.2 Å². The number of anilines is 1. The zero-order valence-electron chi connectivity index (χ0n) is 20.0. The summed E-state index contributed by atoms with van der Waals surface area (Å²) in [6.07, 6.45) is -0.119. The van der Waals surface area contributed by atoms with E-state index < -0.39 is 60.7 Å². The van der Waals surface area contributed by atoms with Crippen LogP contribution in [0.5, 0.6) is 0 Å². The highest BCUT2D eigenvalue weighted by atomic mass is 19.1. The fourth-order valence-corrected chi connectivity index (χ4v) is 3.95. The van der Waals surface area contributed by atoms with E-state index in [1.54, 1.807) is 27.7 Å². The van der Waals surface area contributed by atoms with Crippen LogP contribution in [0.2, 0.25) is 0 Å². The Hall–Kier alpha value is -3.54. The lowest BCUT2D eigenvalue weighted by Gasteiger charge is -2.29. The first-order valence-corrected chi connectivity index (χ1v) is 11.1. The van der Waals surface area contributed by atoms with Gasteiger partial charge in [-0.2, -0.15) is 14.4 Å². The maximum absolute atomic E-state index is 14.5. The number of cyclic esters (lactones) is 2. The summed E-state index contributed by atoms with van der Waals surface area (Å²) in [5.41, 5.74) is -2.67. The normalized spacial score (nSPS) is 28.0. The van der Waals surface area contributed by atoms with Crippen molar-refractivity contribution < 1.29 is 43.1 Å². The highest BCUT2D eigenvalue weighted by Gasteiger charge is 2.48.